The number of ketones is 1. The fraction of sp³-hybridized carbons (Fsp3) is 0.350. The molecule has 2 aromatic heterocycles. The number of hydrogen-bond donors (Lipinski definition) is 0. The van der Waals surface area contributed by atoms with Crippen molar-refractivity contribution in [2.75, 3.05) is 5.75 Å². The lowest BCUT2D eigenvalue weighted by atomic mass is 10.2. The lowest BCUT2D eigenvalue weighted by molar-refractivity contribution is 0.102. The number of hydrogen-bond acceptors (Lipinski definition) is 5. The van der Waals surface area contributed by atoms with Crippen LogP contribution >= 0.6 is 23.1 Å². The molecular formula is C20H22N2O2S2. The van der Waals surface area contributed by atoms with Gasteiger partial charge in [-0.2, -0.15) is 0 Å². The number of Topliss-reactive ketones (excluding diaryl/α,β-unsaturated/α-hetero) is 1. The molecule has 2 heterocycles. The molecule has 0 unspecified atom stereocenters. The minimum atomic E-state index is -0.0263. The minimum Gasteiger partial charge on any atom is -0.293 e. The van der Waals surface area contributed by atoms with Gasteiger partial charge in [-0.05, 0) is 38.5 Å². The van der Waals surface area contributed by atoms with E-state index in [1.807, 2.05) is 44.2 Å². The topological polar surface area (TPSA) is 52.0 Å². The Balaban J connectivity index is 1.91. The maximum Gasteiger partial charge on any atom is 0.262 e. The molecule has 0 N–H and O–H groups in total. The number of aryl methyl sites for hydroxylation is 2. The lowest BCUT2D eigenvalue weighted by Gasteiger charge is -2.12. The number of carbonyl (C=O) groups is 1. The van der Waals surface area contributed by atoms with Gasteiger partial charge in [0.25, 0.3) is 5.56 Å². The number of fused-ring (bicyclic) bond motifs is 1. The summed E-state index contributed by atoms with van der Waals surface area (Å²) in [6.45, 7) is 6.70. The summed E-state index contributed by atoms with van der Waals surface area (Å²) in [6, 6.07) is 9.33. The zero-order valence-electron chi connectivity index (χ0n) is 15.2. The van der Waals surface area contributed by atoms with E-state index in [2.05, 4.69) is 11.9 Å². The number of benzene rings is 1. The van der Waals surface area contributed by atoms with Gasteiger partial charge in [-0.1, -0.05) is 37.2 Å². The zero-order valence-corrected chi connectivity index (χ0v) is 16.9. The van der Waals surface area contributed by atoms with Crippen LogP contribution in [0.15, 0.2) is 40.3 Å². The number of thiophene rings is 1. The molecule has 0 fully saturated rings. The normalized spacial score (nSPS) is 11.2. The Morgan fingerprint density at radius 3 is 2.73 bits per heavy atom. The van der Waals surface area contributed by atoms with Crippen LogP contribution in [-0.4, -0.2) is 21.1 Å². The van der Waals surface area contributed by atoms with Gasteiger partial charge in [-0.15, -0.1) is 11.3 Å². The Kier molecular flexibility index (Phi) is 5.94. The molecule has 136 valence electrons. The molecule has 3 aromatic rings. The average molecular weight is 387 g/mol. The molecule has 0 atom stereocenters. The molecule has 0 aliphatic heterocycles. The van der Waals surface area contributed by atoms with Crippen LogP contribution in [0.1, 0.15) is 39.9 Å². The second-order valence-corrected chi connectivity index (χ2v) is 8.66. The lowest BCUT2D eigenvalue weighted by Crippen LogP contribution is -2.24. The van der Waals surface area contributed by atoms with Gasteiger partial charge in [-0.25, -0.2) is 4.98 Å². The summed E-state index contributed by atoms with van der Waals surface area (Å²) >= 11 is 2.99. The Morgan fingerprint density at radius 2 is 2.04 bits per heavy atom. The summed E-state index contributed by atoms with van der Waals surface area (Å²) in [4.78, 5) is 32.3. The van der Waals surface area contributed by atoms with E-state index in [0.29, 0.717) is 22.6 Å². The van der Waals surface area contributed by atoms with E-state index < -0.39 is 0 Å². The van der Waals surface area contributed by atoms with Crippen molar-refractivity contribution in [3.05, 3.63) is 56.0 Å². The van der Waals surface area contributed by atoms with E-state index >= 15 is 0 Å². The number of para-hydroxylation sites is 1. The Labute approximate surface area is 161 Å². The van der Waals surface area contributed by atoms with Crippen LogP contribution in [0.3, 0.4) is 0 Å². The summed E-state index contributed by atoms with van der Waals surface area (Å²) < 4.78 is 1.72. The van der Waals surface area contributed by atoms with Crippen molar-refractivity contribution in [2.45, 2.75) is 45.3 Å². The summed E-state index contributed by atoms with van der Waals surface area (Å²) in [6.07, 6.45) is 1.90. The van der Waals surface area contributed by atoms with Crippen molar-refractivity contribution >= 4 is 39.8 Å². The van der Waals surface area contributed by atoms with Crippen molar-refractivity contribution in [1.82, 2.24) is 9.55 Å². The van der Waals surface area contributed by atoms with Crippen molar-refractivity contribution in [3.8, 4) is 0 Å². The van der Waals surface area contributed by atoms with E-state index in [1.165, 1.54) is 11.8 Å². The van der Waals surface area contributed by atoms with Crippen molar-refractivity contribution in [3.63, 3.8) is 0 Å². The third-order valence-electron chi connectivity index (χ3n) is 4.24. The Bertz CT molecular complexity index is 1000. The molecule has 1 aromatic carbocycles. The largest absolute Gasteiger partial charge is 0.293 e. The standard InChI is InChI=1S/C20H22N2O2S2/c1-4-5-10-22-19(24)15-8-6-7-9-17(15)21-20(22)25-12-18(23)16-11-13(2)26-14(16)3/h6-9,11H,4-5,10,12H2,1-3H3. The minimum absolute atomic E-state index is 0.0263. The molecule has 26 heavy (non-hydrogen) atoms. The van der Waals surface area contributed by atoms with E-state index in [-0.39, 0.29) is 17.1 Å². The number of nitrogens with zero attached hydrogens (tertiary/aromatic N) is 2. The third-order valence-corrected chi connectivity index (χ3v) is 6.18. The highest BCUT2D eigenvalue weighted by atomic mass is 32.2. The van der Waals surface area contributed by atoms with E-state index in [9.17, 15) is 9.59 Å². The Morgan fingerprint density at radius 1 is 1.27 bits per heavy atom. The fourth-order valence-corrected chi connectivity index (χ4v) is 4.74. The third kappa shape index (κ3) is 3.91. The second-order valence-electron chi connectivity index (χ2n) is 6.26. The van der Waals surface area contributed by atoms with Gasteiger partial charge in [0.1, 0.15) is 0 Å². The average Bonchev–Trinajstić information content (AvgIpc) is 2.97. The maximum absolute atomic E-state index is 12.9. The number of aromatic nitrogens is 2. The molecule has 0 saturated heterocycles. The SMILES string of the molecule is CCCCn1c(SCC(=O)c2cc(C)sc2C)nc2ccccc2c1=O. The van der Waals surface area contributed by atoms with Gasteiger partial charge in [-0.3, -0.25) is 14.2 Å². The van der Waals surface area contributed by atoms with Crippen molar-refractivity contribution < 1.29 is 4.79 Å². The number of carbonyl (C=O) groups excluding carboxylic acids is 1. The van der Waals surface area contributed by atoms with E-state index in [4.69, 9.17) is 0 Å². The van der Waals surface area contributed by atoms with Crippen molar-refractivity contribution in [2.24, 2.45) is 0 Å². The first-order chi connectivity index (χ1) is 12.5. The van der Waals surface area contributed by atoms with Crippen molar-refractivity contribution in [1.29, 1.82) is 0 Å². The van der Waals surface area contributed by atoms with Crippen LogP contribution in [0.2, 0.25) is 0 Å². The highest BCUT2D eigenvalue weighted by Gasteiger charge is 2.16. The van der Waals surface area contributed by atoms with Crippen LogP contribution in [0.25, 0.3) is 10.9 Å². The predicted octanol–water partition coefficient (Wildman–Crippen LogP) is 4.85. The quantitative estimate of drug-likeness (QED) is 0.331. The maximum atomic E-state index is 12.9. The van der Waals surface area contributed by atoms with Crippen LogP contribution in [0, 0.1) is 13.8 Å². The molecule has 0 radical (unpaired) electrons. The first-order valence-corrected chi connectivity index (χ1v) is 10.5. The Hall–Kier alpha value is -1.92. The van der Waals surface area contributed by atoms with E-state index in [0.717, 1.165) is 28.2 Å². The molecule has 6 heteroatoms. The zero-order chi connectivity index (χ0) is 18.7. The molecule has 0 bridgehead atoms. The van der Waals surface area contributed by atoms with Crippen LogP contribution in [-0.2, 0) is 6.54 Å². The molecule has 4 nitrogen and oxygen atoms in total. The summed E-state index contributed by atoms with van der Waals surface area (Å²) in [7, 11) is 0. The summed E-state index contributed by atoms with van der Waals surface area (Å²) in [5.74, 6) is 0.370. The van der Waals surface area contributed by atoms with Gasteiger partial charge in [0, 0.05) is 21.9 Å². The first kappa shape index (κ1) is 18.9. The molecule has 0 amide bonds. The number of thioether (sulfide) groups is 1. The summed E-state index contributed by atoms with van der Waals surface area (Å²) in [5.41, 5.74) is 1.44. The van der Waals surface area contributed by atoms with Gasteiger partial charge >= 0.3 is 0 Å². The molecule has 0 aliphatic rings. The van der Waals surface area contributed by atoms with Crippen LogP contribution in [0.4, 0.5) is 0 Å². The smallest absolute Gasteiger partial charge is 0.262 e. The number of unbranched alkanes of at least 4 members (excludes halogenated alkanes) is 1. The molecule has 0 saturated carbocycles. The fourth-order valence-electron chi connectivity index (χ4n) is 2.89. The predicted molar refractivity (Wildman–Crippen MR) is 110 cm³/mol. The van der Waals surface area contributed by atoms with Gasteiger partial charge in [0.2, 0.25) is 0 Å². The first-order valence-electron chi connectivity index (χ1n) is 8.74. The molecule has 0 spiro atoms. The summed E-state index contributed by atoms with van der Waals surface area (Å²) in [5, 5.41) is 1.25. The highest BCUT2D eigenvalue weighted by Crippen LogP contribution is 2.24. The molecular weight excluding hydrogens is 364 g/mol. The number of rotatable bonds is 7. The second kappa shape index (κ2) is 8.18. The monoisotopic (exact) mass is 386 g/mol. The van der Waals surface area contributed by atoms with Gasteiger partial charge in [0.15, 0.2) is 10.9 Å². The molecule has 3 rings (SSSR count). The highest BCUT2D eigenvalue weighted by molar-refractivity contribution is 7.99. The van der Waals surface area contributed by atoms with E-state index in [1.54, 1.807) is 15.9 Å². The van der Waals surface area contributed by atoms with Crippen LogP contribution < -0.4 is 5.56 Å². The van der Waals surface area contributed by atoms with Gasteiger partial charge < -0.3 is 0 Å². The van der Waals surface area contributed by atoms with Gasteiger partial charge in [0.05, 0.1) is 16.7 Å². The molecule has 0 aliphatic carbocycles. The van der Waals surface area contributed by atoms with Crippen LogP contribution in [0.5, 0.6) is 0 Å².